The fraction of sp³-hybridized carbons (Fsp3) is 0. The van der Waals surface area contributed by atoms with Crippen LogP contribution in [-0.2, 0) is 0 Å². The molecule has 12 rings (SSSR count). The van der Waals surface area contributed by atoms with Crippen LogP contribution in [0.1, 0.15) is 0 Å². The van der Waals surface area contributed by atoms with Crippen molar-refractivity contribution in [2.45, 2.75) is 0 Å². The van der Waals surface area contributed by atoms with E-state index in [2.05, 4.69) is 161 Å². The largest absolute Gasteiger partial charge is 0.452 e. The lowest BCUT2D eigenvalue weighted by Gasteiger charge is -2.11. The Labute approximate surface area is 302 Å². The number of fused-ring (bicyclic) bond motifs is 13. The highest BCUT2D eigenvalue weighted by molar-refractivity contribution is 6.22. The van der Waals surface area contributed by atoms with Crippen LogP contribution in [0.5, 0.6) is 0 Å². The van der Waals surface area contributed by atoms with E-state index in [-0.39, 0.29) is 0 Å². The molecule has 0 fully saturated rings. The van der Waals surface area contributed by atoms with Crippen molar-refractivity contribution in [3.8, 4) is 22.9 Å². The fourth-order valence-corrected chi connectivity index (χ4v) is 8.62. The van der Waals surface area contributed by atoms with Crippen LogP contribution in [0.3, 0.4) is 0 Å². The average Bonchev–Trinajstić information content (AvgIpc) is 3.88. The Bertz CT molecular complexity index is 3410. The average molecular weight is 677 g/mol. The first-order valence-electron chi connectivity index (χ1n) is 17.9. The summed E-state index contributed by atoms with van der Waals surface area (Å²) in [5, 5.41) is 10.4. The summed E-state index contributed by atoms with van der Waals surface area (Å²) in [5.41, 5.74) is 9.59. The van der Waals surface area contributed by atoms with Gasteiger partial charge in [-0.25, -0.2) is 9.97 Å². The van der Waals surface area contributed by atoms with E-state index in [1.165, 1.54) is 38.0 Å². The first-order valence-corrected chi connectivity index (χ1v) is 17.9. The van der Waals surface area contributed by atoms with Crippen LogP contribution in [-0.4, -0.2) is 19.1 Å². The van der Waals surface area contributed by atoms with Crippen molar-refractivity contribution < 1.29 is 4.42 Å². The molecule has 0 aliphatic carbocycles. The Morgan fingerprint density at radius 2 is 1.00 bits per heavy atom. The Kier molecular flexibility index (Phi) is 5.71. The Hall–Kier alpha value is -7.24. The number of rotatable bonds is 3. The third-order valence-corrected chi connectivity index (χ3v) is 10.9. The van der Waals surface area contributed by atoms with Gasteiger partial charge in [-0.2, -0.15) is 0 Å². The minimum Gasteiger partial charge on any atom is -0.452 e. The molecule has 0 amide bonds. The standard InChI is InChI=1S/C48H28N4O/c1-2-14-31(15-3-1)45-47-46(44-34-17-7-5-13-30(34)23-27-42(44)53-47)50-48(49-45)52-40-26-24-32(28-37(40)43-33-16-6-4-12-29(33)22-25-41(43)52)51-38-20-10-8-18-35(38)36-19-9-11-21-39(36)51/h1-28H. The summed E-state index contributed by atoms with van der Waals surface area (Å²) in [6.07, 6.45) is 0. The molecule has 4 aromatic heterocycles. The van der Waals surface area contributed by atoms with Crippen molar-refractivity contribution in [3.63, 3.8) is 0 Å². The topological polar surface area (TPSA) is 48.8 Å². The molecule has 4 heterocycles. The molecular weight excluding hydrogens is 649 g/mol. The highest BCUT2D eigenvalue weighted by atomic mass is 16.3. The van der Waals surface area contributed by atoms with E-state index < -0.39 is 0 Å². The van der Waals surface area contributed by atoms with Gasteiger partial charge in [0, 0.05) is 32.8 Å². The van der Waals surface area contributed by atoms with Crippen molar-refractivity contribution in [3.05, 3.63) is 170 Å². The SMILES string of the molecule is c1ccc(-c2nc(-n3c4ccc(-n5c6ccccc6c6ccccc65)cc4c4c5ccccc5ccc43)nc3c2oc2ccc4ccccc4c23)cc1. The quantitative estimate of drug-likeness (QED) is 0.187. The fourth-order valence-electron chi connectivity index (χ4n) is 8.62. The lowest BCUT2D eigenvalue weighted by molar-refractivity contribution is 0.667. The molecule has 12 aromatic rings. The van der Waals surface area contributed by atoms with Gasteiger partial charge < -0.3 is 8.98 Å². The van der Waals surface area contributed by atoms with Crippen LogP contribution in [0.15, 0.2) is 174 Å². The summed E-state index contributed by atoms with van der Waals surface area (Å²) >= 11 is 0. The van der Waals surface area contributed by atoms with Crippen molar-refractivity contribution in [2.75, 3.05) is 0 Å². The van der Waals surface area contributed by atoms with Crippen LogP contribution >= 0.6 is 0 Å². The van der Waals surface area contributed by atoms with Crippen LogP contribution in [0.25, 0.3) is 110 Å². The maximum Gasteiger partial charge on any atom is 0.236 e. The first kappa shape index (κ1) is 28.5. The molecule has 0 saturated heterocycles. The molecule has 53 heavy (non-hydrogen) atoms. The number of hydrogen-bond acceptors (Lipinski definition) is 3. The van der Waals surface area contributed by atoms with Crippen molar-refractivity contribution in [1.82, 2.24) is 19.1 Å². The summed E-state index contributed by atoms with van der Waals surface area (Å²) in [7, 11) is 0. The monoisotopic (exact) mass is 676 g/mol. The zero-order valence-corrected chi connectivity index (χ0v) is 28.4. The summed E-state index contributed by atoms with van der Waals surface area (Å²) in [6, 6.07) is 60.1. The molecular formula is C48H28N4O. The predicted molar refractivity (Wildman–Crippen MR) is 218 cm³/mol. The molecule has 5 nitrogen and oxygen atoms in total. The lowest BCUT2D eigenvalue weighted by atomic mass is 10.0. The van der Waals surface area contributed by atoms with Gasteiger partial charge in [0.25, 0.3) is 0 Å². The number of benzene rings is 8. The van der Waals surface area contributed by atoms with E-state index in [1.54, 1.807) is 0 Å². The van der Waals surface area contributed by atoms with Crippen LogP contribution in [0.2, 0.25) is 0 Å². The molecule has 0 unspecified atom stereocenters. The molecule has 8 aromatic carbocycles. The predicted octanol–water partition coefficient (Wildman–Crippen LogP) is 12.5. The second kappa shape index (κ2) is 10.6. The van der Waals surface area contributed by atoms with E-state index in [9.17, 15) is 0 Å². The number of nitrogens with zero attached hydrogens (tertiary/aromatic N) is 4. The molecule has 0 radical (unpaired) electrons. The molecule has 0 spiro atoms. The second-order valence-electron chi connectivity index (χ2n) is 13.8. The van der Waals surface area contributed by atoms with Crippen molar-refractivity contribution in [2.24, 2.45) is 0 Å². The Morgan fingerprint density at radius 3 is 1.74 bits per heavy atom. The summed E-state index contributed by atoms with van der Waals surface area (Å²) in [6.45, 7) is 0. The van der Waals surface area contributed by atoms with Gasteiger partial charge in [0.2, 0.25) is 5.95 Å². The van der Waals surface area contributed by atoms with Gasteiger partial charge in [-0.15, -0.1) is 0 Å². The highest BCUT2D eigenvalue weighted by Gasteiger charge is 2.23. The highest BCUT2D eigenvalue weighted by Crippen LogP contribution is 2.42. The van der Waals surface area contributed by atoms with Crippen LogP contribution < -0.4 is 0 Å². The normalized spacial score (nSPS) is 12.2. The van der Waals surface area contributed by atoms with E-state index in [0.29, 0.717) is 11.5 Å². The van der Waals surface area contributed by atoms with Crippen LogP contribution in [0, 0.1) is 0 Å². The molecule has 0 aliphatic heterocycles. The third kappa shape index (κ3) is 3.96. The number of aromatic nitrogens is 4. The zero-order valence-electron chi connectivity index (χ0n) is 28.4. The molecule has 0 atom stereocenters. The van der Waals surface area contributed by atoms with E-state index in [1.807, 2.05) is 18.2 Å². The van der Waals surface area contributed by atoms with Crippen molar-refractivity contribution >= 4 is 87.2 Å². The molecule has 5 heteroatoms. The van der Waals surface area contributed by atoms with Crippen molar-refractivity contribution in [1.29, 1.82) is 0 Å². The second-order valence-corrected chi connectivity index (χ2v) is 13.8. The third-order valence-electron chi connectivity index (χ3n) is 10.9. The van der Waals surface area contributed by atoms with Crippen LogP contribution in [0.4, 0.5) is 0 Å². The van der Waals surface area contributed by atoms with Gasteiger partial charge >= 0.3 is 0 Å². The van der Waals surface area contributed by atoms with E-state index in [0.717, 1.165) is 60.6 Å². The van der Waals surface area contributed by atoms with Gasteiger partial charge in [0.05, 0.1) is 27.5 Å². The van der Waals surface area contributed by atoms with Gasteiger partial charge in [-0.1, -0.05) is 127 Å². The Morgan fingerprint density at radius 1 is 0.415 bits per heavy atom. The Balaban J connectivity index is 1.22. The van der Waals surface area contributed by atoms with Gasteiger partial charge in [-0.3, -0.25) is 4.57 Å². The minimum absolute atomic E-state index is 0.604. The van der Waals surface area contributed by atoms with E-state index in [4.69, 9.17) is 14.4 Å². The molecule has 0 saturated carbocycles. The number of furan rings is 1. The molecule has 0 N–H and O–H groups in total. The lowest BCUT2D eigenvalue weighted by Crippen LogP contribution is -2.03. The minimum atomic E-state index is 0.604. The van der Waals surface area contributed by atoms with Gasteiger partial charge in [0.1, 0.15) is 16.8 Å². The first-order chi connectivity index (χ1) is 26.3. The zero-order chi connectivity index (χ0) is 34.6. The molecule has 0 bridgehead atoms. The number of para-hydroxylation sites is 2. The number of hydrogen-bond donors (Lipinski definition) is 0. The maximum absolute atomic E-state index is 6.64. The molecule has 246 valence electrons. The summed E-state index contributed by atoms with van der Waals surface area (Å²) in [4.78, 5) is 10.8. The molecule has 0 aliphatic rings. The van der Waals surface area contributed by atoms with Gasteiger partial charge in [0.15, 0.2) is 5.58 Å². The summed E-state index contributed by atoms with van der Waals surface area (Å²) in [5.74, 6) is 0.604. The van der Waals surface area contributed by atoms with Gasteiger partial charge in [-0.05, 0) is 64.0 Å². The summed E-state index contributed by atoms with van der Waals surface area (Å²) < 4.78 is 11.3. The smallest absolute Gasteiger partial charge is 0.236 e. The maximum atomic E-state index is 6.64. The van der Waals surface area contributed by atoms with E-state index >= 15 is 0 Å².